The second-order valence-electron chi connectivity index (χ2n) is 5.40. The molecule has 3 heteroatoms. The normalized spacial score (nSPS) is 23.9. The second kappa shape index (κ2) is 5.83. The van der Waals surface area contributed by atoms with Crippen molar-refractivity contribution >= 4 is 23.0 Å². The third-order valence-electron chi connectivity index (χ3n) is 4.31. The van der Waals surface area contributed by atoms with E-state index in [2.05, 4.69) is 18.9 Å². The third-order valence-corrected chi connectivity index (χ3v) is 4.55. The zero-order chi connectivity index (χ0) is 13.1. The molecule has 0 saturated heterocycles. The Labute approximate surface area is 115 Å². The fraction of sp³-hybridized carbons (Fsp3) is 0.600. The summed E-state index contributed by atoms with van der Waals surface area (Å²) >= 11 is 6.06. The molecule has 2 N–H and O–H groups in total. The van der Waals surface area contributed by atoms with Crippen molar-refractivity contribution in [2.45, 2.75) is 45.1 Å². The summed E-state index contributed by atoms with van der Waals surface area (Å²) in [6, 6.07) is 6.32. The van der Waals surface area contributed by atoms with Crippen molar-refractivity contribution in [2.24, 2.45) is 5.92 Å². The van der Waals surface area contributed by atoms with Crippen molar-refractivity contribution in [3.8, 4) is 0 Å². The standard InChI is InChI=1S/C15H23ClN2/c1-3-11-4-7-13(8-5-11)18(2)15-10-12(16)6-9-14(15)17/h6,9-11,13H,3-5,7-8,17H2,1-2H3. The molecule has 18 heavy (non-hydrogen) atoms. The average molecular weight is 267 g/mol. The van der Waals surface area contributed by atoms with E-state index in [0.29, 0.717) is 6.04 Å². The lowest BCUT2D eigenvalue weighted by molar-refractivity contribution is 0.313. The Morgan fingerprint density at radius 2 is 1.94 bits per heavy atom. The van der Waals surface area contributed by atoms with Gasteiger partial charge in [-0.15, -0.1) is 0 Å². The Bertz CT molecular complexity index is 397. The first kappa shape index (κ1) is 13.5. The van der Waals surface area contributed by atoms with Gasteiger partial charge in [0.15, 0.2) is 0 Å². The average Bonchev–Trinajstić information content (AvgIpc) is 2.41. The molecule has 0 spiro atoms. The van der Waals surface area contributed by atoms with Gasteiger partial charge in [-0.25, -0.2) is 0 Å². The molecule has 1 fully saturated rings. The quantitative estimate of drug-likeness (QED) is 0.826. The van der Waals surface area contributed by atoms with E-state index in [1.54, 1.807) is 0 Å². The fourth-order valence-electron chi connectivity index (χ4n) is 2.96. The van der Waals surface area contributed by atoms with Crippen LogP contribution in [0.25, 0.3) is 0 Å². The zero-order valence-corrected chi connectivity index (χ0v) is 12.1. The Hall–Kier alpha value is -0.890. The van der Waals surface area contributed by atoms with E-state index in [1.165, 1.54) is 32.1 Å². The maximum absolute atomic E-state index is 6.06. The second-order valence-corrected chi connectivity index (χ2v) is 5.83. The molecule has 0 aromatic heterocycles. The van der Waals surface area contributed by atoms with Crippen molar-refractivity contribution in [3.05, 3.63) is 23.2 Å². The highest BCUT2D eigenvalue weighted by Crippen LogP contribution is 2.34. The van der Waals surface area contributed by atoms with Crippen LogP contribution in [0.15, 0.2) is 18.2 Å². The van der Waals surface area contributed by atoms with Crippen molar-refractivity contribution in [1.82, 2.24) is 0 Å². The minimum absolute atomic E-state index is 0.605. The Kier molecular flexibility index (Phi) is 4.39. The number of anilines is 2. The maximum atomic E-state index is 6.06. The molecule has 0 unspecified atom stereocenters. The van der Waals surface area contributed by atoms with Gasteiger partial charge >= 0.3 is 0 Å². The molecule has 2 rings (SSSR count). The van der Waals surface area contributed by atoms with E-state index in [4.69, 9.17) is 17.3 Å². The molecule has 1 aliphatic rings. The molecule has 1 saturated carbocycles. The predicted octanol–water partition coefficient (Wildman–Crippen LogP) is 4.33. The molecule has 0 heterocycles. The Balaban J connectivity index is 2.07. The highest BCUT2D eigenvalue weighted by molar-refractivity contribution is 6.31. The first-order valence-corrected chi connectivity index (χ1v) is 7.27. The summed E-state index contributed by atoms with van der Waals surface area (Å²) in [5, 5.41) is 0.758. The third kappa shape index (κ3) is 2.92. The van der Waals surface area contributed by atoms with E-state index < -0.39 is 0 Å². The van der Waals surface area contributed by atoms with Gasteiger partial charge in [-0.05, 0) is 49.8 Å². The first-order chi connectivity index (χ1) is 8.61. The molecule has 1 aliphatic carbocycles. The molecule has 0 atom stereocenters. The molecular formula is C15H23ClN2. The maximum Gasteiger partial charge on any atom is 0.0614 e. The number of hydrogen-bond donors (Lipinski definition) is 1. The van der Waals surface area contributed by atoms with E-state index in [0.717, 1.165) is 22.3 Å². The molecule has 0 radical (unpaired) electrons. The lowest BCUT2D eigenvalue weighted by atomic mass is 9.84. The summed E-state index contributed by atoms with van der Waals surface area (Å²) < 4.78 is 0. The number of nitrogen functional groups attached to an aromatic ring is 1. The summed E-state index contributed by atoms with van der Waals surface area (Å²) in [7, 11) is 2.14. The summed E-state index contributed by atoms with van der Waals surface area (Å²) in [4.78, 5) is 2.31. The van der Waals surface area contributed by atoms with Gasteiger partial charge in [0, 0.05) is 18.1 Å². The van der Waals surface area contributed by atoms with Gasteiger partial charge in [-0.1, -0.05) is 24.9 Å². The van der Waals surface area contributed by atoms with Gasteiger partial charge in [-0.3, -0.25) is 0 Å². The van der Waals surface area contributed by atoms with E-state index in [-0.39, 0.29) is 0 Å². The molecular weight excluding hydrogens is 244 g/mol. The number of hydrogen-bond acceptors (Lipinski definition) is 2. The molecule has 0 bridgehead atoms. The van der Waals surface area contributed by atoms with Gasteiger partial charge < -0.3 is 10.6 Å². The Morgan fingerprint density at radius 3 is 2.56 bits per heavy atom. The first-order valence-electron chi connectivity index (χ1n) is 6.89. The van der Waals surface area contributed by atoms with Crippen LogP contribution in [-0.4, -0.2) is 13.1 Å². The number of nitrogens with two attached hydrogens (primary N) is 1. The summed E-state index contributed by atoms with van der Waals surface area (Å²) in [5.41, 5.74) is 7.94. The largest absolute Gasteiger partial charge is 0.397 e. The van der Waals surface area contributed by atoms with E-state index >= 15 is 0 Å². The fourth-order valence-corrected chi connectivity index (χ4v) is 3.13. The van der Waals surface area contributed by atoms with Crippen LogP contribution in [0.5, 0.6) is 0 Å². The monoisotopic (exact) mass is 266 g/mol. The van der Waals surface area contributed by atoms with Crippen LogP contribution in [0.4, 0.5) is 11.4 Å². The molecule has 1 aromatic rings. The molecule has 0 amide bonds. The summed E-state index contributed by atoms with van der Waals surface area (Å²) in [6.07, 6.45) is 6.52. The smallest absolute Gasteiger partial charge is 0.0614 e. The van der Waals surface area contributed by atoms with Gasteiger partial charge in [0.25, 0.3) is 0 Å². The van der Waals surface area contributed by atoms with Crippen molar-refractivity contribution in [1.29, 1.82) is 0 Å². The zero-order valence-electron chi connectivity index (χ0n) is 11.3. The summed E-state index contributed by atoms with van der Waals surface area (Å²) in [5.74, 6) is 0.923. The van der Waals surface area contributed by atoms with Crippen LogP contribution >= 0.6 is 11.6 Å². The van der Waals surface area contributed by atoms with Gasteiger partial charge in [0.05, 0.1) is 11.4 Å². The van der Waals surface area contributed by atoms with Crippen molar-refractivity contribution in [2.75, 3.05) is 17.7 Å². The minimum atomic E-state index is 0.605. The van der Waals surface area contributed by atoms with Crippen LogP contribution in [0, 0.1) is 5.92 Å². The van der Waals surface area contributed by atoms with Gasteiger partial charge in [0.2, 0.25) is 0 Å². The van der Waals surface area contributed by atoms with Crippen LogP contribution in [0.3, 0.4) is 0 Å². The van der Waals surface area contributed by atoms with Crippen LogP contribution in [0.2, 0.25) is 5.02 Å². The van der Waals surface area contributed by atoms with Crippen molar-refractivity contribution in [3.63, 3.8) is 0 Å². The predicted molar refractivity (Wildman–Crippen MR) is 80.3 cm³/mol. The highest BCUT2D eigenvalue weighted by Gasteiger charge is 2.24. The van der Waals surface area contributed by atoms with Gasteiger partial charge in [-0.2, -0.15) is 0 Å². The van der Waals surface area contributed by atoms with Gasteiger partial charge in [0.1, 0.15) is 0 Å². The van der Waals surface area contributed by atoms with Crippen LogP contribution in [0.1, 0.15) is 39.0 Å². The number of benzene rings is 1. The topological polar surface area (TPSA) is 29.3 Å². The lowest BCUT2D eigenvalue weighted by Crippen LogP contribution is -2.35. The molecule has 1 aromatic carbocycles. The molecule has 100 valence electrons. The molecule has 0 aliphatic heterocycles. The number of nitrogens with zero attached hydrogens (tertiary/aromatic N) is 1. The van der Waals surface area contributed by atoms with Crippen LogP contribution in [-0.2, 0) is 0 Å². The lowest BCUT2D eigenvalue weighted by Gasteiger charge is -2.36. The Morgan fingerprint density at radius 1 is 1.28 bits per heavy atom. The SMILES string of the molecule is CCC1CCC(N(C)c2cc(Cl)ccc2N)CC1. The number of rotatable bonds is 3. The number of halogens is 1. The van der Waals surface area contributed by atoms with E-state index in [1.807, 2.05) is 18.2 Å². The molecule has 2 nitrogen and oxygen atoms in total. The van der Waals surface area contributed by atoms with Crippen molar-refractivity contribution < 1.29 is 0 Å². The van der Waals surface area contributed by atoms with E-state index in [9.17, 15) is 0 Å². The van der Waals surface area contributed by atoms with Crippen LogP contribution < -0.4 is 10.6 Å². The highest BCUT2D eigenvalue weighted by atomic mass is 35.5. The summed E-state index contributed by atoms with van der Waals surface area (Å²) in [6.45, 7) is 2.30. The minimum Gasteiger partial charge on any atom is -0.397 e.